The summed E-state index contributed by atoms with van der Waals surface area (Å²) in [5.74, 6) is -7.70. The Hall–Kier alpha value is -0.860. The van der Waals surface area contributed by atoms with Crippen molar-refractivity contribution in [1.82, 2.24) is 4.72 Å². The number of alkyl halides is 4. The predicted octanol–water partition coefficient (Wildman–Crippen LogP) is -0.326. The number of halogens is 4. The van der Waals surface area contributed by atoms with Crippen molar-refractivity contribution in [1.29, 1.82) is 0 Å². The van der Waals surface area contributed by atoms with E-state index in [1.165, 1.54) is 0 Å². The van der Waals surface area contributed by atoms with Gasteiger partial charge in [0.1, 0.15) is 0 Å². The van der Waals surface area contributed by atoms with Gasteiger partial charge in [0.25, 0.3) is 0 Å². The summed E-state index contributed by atoms with van der Waals surface area (Å²) in [5.41, 5.74) is 0. The van der Waals surface area contributed by atoms with Gasteiger partial charge in [-0.25, -0.2) is 4.72 Å². The molecule has 1 amide bonds. The Bertz CT molecular complexity index is 333. The first-order valence-electron chi connectivity index (χ1n) is 2.45. The van der Waals surface area contributed by atoms with Crippen LogP contribution in [0.25, 0.3) is 0 Å². The maximum Gasteiger partial charge on any atom is 0.435 e. The molecule has 1 N–H and O–H groups in total. The molecule has 4 nitrogen and oxygen atoms in total. The molecule has 0 bridgehead atoms. The van der Waals surface area contributed by atoms with Crippen LogP contribution in [0, 0.1) is 0 Å². The molecule has 9 heteroatoms. The summed E-state index contributed by atoms with van der Waals surface area (Å²) in [6.07, 6.45) is 0. The SMILES string of the molecule is O=C1NS(=O)(=O)C(F)(F)C1(F)F. The molecule has 1 heterocycles. The van der Waals surface area contributed by atoms with E-state index >= 15 is 0 Å². The number of carbonyl (C=O) groups excluding carboxylic acids is 1. The summed E-state index contributed by atoms with van der Waals surface area (Å²) in [6, 6.07) is 0. The third-order valence-electron chi connectivity index (χ3n) is 1.22. The molecule has 1 saturated heterocycles. The fourth-order valence-corrected chi connectivity index (χ4v) is 1.48. The summed E-state index contributed by atoms with van der Waals surface area (Å²) >= 11 is 0. The normalized spacial score (nSPS) is 29.8. The van der Waals surface area contributed by atoms with E-state index in [1.807, 2.05) is 0 Å². The van der Waals surface area contributed by atoms with Gasteiger partial charge in [0.05, 0.1) is 0 Å². The van der Waals surface area contributed by atoms with Gasteiger partial charge >= 0.3 is 27.1 Å². The van der Waals surface area contributed by atoms with Gasteiger partial charge in [0.15, 0.2) is 0 Å². The second-order valence-corrected chi connectivity index (χ2v) is 3.75. The molecule has 1 aliphatic heterocycles. The highest BCUT2D eigenvalue weighted by atomic mass is 32.2. The maximum absolute atomic E-state index is 12.1. The van der Waals surface area contributed by atoms with Crippen LogP contribution in [-0.2, 0) is 14.8 Å². The van der Waals surface area contributed by atoms with Gasteiger partial charge in [-0.3, -0.25) is 4.79 Å². The van der Waals surface area contributed by atoms with Crippen molar-refractivity contribution < 1.29 is 30.8 Å². The molecule has 0 spiro atoms. The smallest absolute Gasteiger partial charge is 0.267 e. The highest BCUT2D eigenvalue weighted by Gasteiger charge is 2.76. The van der Waals surface area contributed by atoms with Gasteiger partial charge in [0.2, 0.25) is 0 Å². The molecule has 0 aromatic carbocycles. The standard InChI is InChI=1S/C3HF4NO3S/c4-2(5)1(9)8-12(10,11)3(2,6)7/h(H,8,9). The van der Waals surface area contributed by atoms with Crippen LogP contribution in [0.5, 0.6) is 0 Å². The molecule has 0 saturated carbocycles. The van der Waals surface area contributed by atoms with Crippen molar-refractivity contribution in [3.8, 4) is 0 Å². The first-order valence-corrected chi connectivity index (χ1v) is 3.93. The predicted molar refractivity (Wildman–Crippen MR) is 27.0 cm³/mol. The van der Waals surface area contributed by atoms with E-state index in [0.717, 1.165) is 0 Å². The van der Waals surface area contributed by atoms with Crippen LogP contribution in [0.4, 0.5) is 17.6 Å². The first-order chi connectivity index (χ1) is 5.13. The molecule has 0 aromatic heterocycles. The molecule has 0 radical (unpaired) electrons. The van der Waals surface area contributed by atoms with Crippen LogP contribution in [0.3, 0.4) is 0 Å². The van der Waals surface area contributed by atoms with Crippen LogP contribution in [0.15, 0.2) is 0 Å². The molecule has 0 unspecified atom stereocenters. The second kappa shape index (κ2) is 1.90. The van der Waals surface area contributed by atoms with E-state index in [0.29, 0.717) is 4.72 Å². The molecule has 1 aliphatic rings. The molecule has 1 rings (SSSR count). The van der Waals surface area contributed by atoms with Gasteiger partial charge in [-0.2, -0.15) is 26.0 Å². The molecule has 70 valence electrons. The molecule has 0 atom stereocenters. The van der Waals surface area contributed by atoms with Crippen LogP contribution < -0.4 is 4.72 Å². The minimum absolute atomic E-state index is 0.507. The number of sulfonamides is 1. The van der Waals surface area contributed by atoms with E-state index in [-0.39, 0.29) is 0 Å². The molecule has 12 heavy (non-hydrogen) atoms. The van der Waals surface area contributed by atoms with Gasteiger partial charge in [-0.1, -0.05) is 0 Å². The Morgan fingerprint density at radius 1 is 1.17 bits per heavy atom. The molecular formula is C3HF4NO3S. The zero-order chi connectivity index (χ0) is 9.78. The number of hydrogen-bond donors (Lipinski definition) is 1. The summed E-state index contributed by atoms with van der Waals surface area (Å²) in [7, 11) is -5.56. The average molecular weight is 207 g/mol. The van der Waals surface area contributed by atoms with E-state index in [9.17, 15) is 30.8 Å². The van der Waals surface area contributed by atoms with Gasteiger partial charge < -0.3 is 0 Å². The molecule has 1 fully saturated rings. The number of hydrogen-bond acceptors (Lipinski definition) is 3. The van der Waals surface area contributed by atoms with E-state index in [1.54, 1.807) is 0 Å². The third-order valence-corrected chi connectivity index (χ3v) is 2.60. The first kappa shape index (κ1) is 9.23. The lowest BCUT2D eigenvalue weighted by Crippen LogP contribution is -2.42. The second-order valence-electron chi connectivity index (χ2n) is 2.03. The van der Waals surface area contributed by atoms with Crippen molar-refractivity contribution in [2.45, 2.75) is 11.2 Å². The lowest BCUT2D eigenvalue weighted by molar-refractivity contribution is -0.171. The number of amides is 1. The zero-order valence-corrected chi connectivity index (χ0v) is 5.96. The Morgan fingerprint density at radius 2 is 1.58 bits per heavy atom. The highest BCUT2D eigenvalue weighted by molar-refractivity contribution is 7.91. The third kappa shape index (κ3) is 0.765. The molecule has 0 aromatic rings. The summed E-state index contributed by atoms with van der Waals surface area (Å²) < 4.78 is 69.2. The van der Waals surface area contributed by atoms with Crippen molar-refractivity contribution in [2.24, 2.45) is 0 Å². The van der Waals surface area contributed by atoms with Crippen LogP contribution in [0.2, 0.25) is 0 Å². The Kier molecular flexibility index (Phi) is 1.46. The molecule has 0 aliphatic carbocycles. The van der Waals surface area contributed by atoms with E-state index in [2.05, 4.69) is 0 Å². The maximum atomic E-state index is 12.1. The van der Waals surface area contributed by atoms with E-state index in [4.69, 9.17) is 0 Å². The minimum atomic E-state index is -5.56. The molecular weight excluding hydrogens is 206 g/mol. The van der Waals surface area contributed by atoms with Gasteiger partial charge in [-0.15, -0.1) is 0 Å². The topological polar surface area (TPSA) is 63.2 Å². The quantitative estimate of drug-likeness (QED) is 0.553. The average Bonchev–Trinajstić information content (AvgIpc) is 1.92. The Labute approximate surface area is 63.6 Å². The van der Waals surface area contributed by atoms with Crippen LogP contribution in [0.1, 0.15) is 0 Å². The number of carbonyl (C=O) groups is 1. The van der Waals surface area contributed by atoms with Crippen LogP contribution >= 0.6 is 0 Å². The zero-order valence-electron chi connectivity index (χ0n) is 5.14. The van der Waals surface area contributed by atoms with Crippen LogP contribution in [-0.4, -0.2) is 25.5 Å². The monoisotopic (exact) mass is 207 g/mol. The number of rotatable bonds is 0. The van der Waals surface area contributed by atoms with Gasteiger partial charge in [-0.05, 0) is 0 Å². The number of nitrogens with one attached hydrogen (secondary N) is 1. The van der Waals surface area contributed by atoms with Crippen molar-refractivity contribution >= 4 is 15.9 Å². The van der Waals surface area contributed by atoms with Gasteiger partial charge in [0, 0.05) is 0 Å². The Balaban J connectivity index is 3.39. The van der Waals surface area contributed by atoms with E-state index < -0.39 is 27.1 Å². The summed E-state index contributed by atoms with van der Waals surface area (Å²) in [4.78, 5) is 10.0. The fraction of sp³-hybridized carbons (Fsp3) is 0.667. The lowest BCUT2D eigenvalue weighted by Gasteiger charge is -2.11. The van der Waals surface area contributed by atoms with Crippen molar-refractivity contribution in [2.75, 3.05) is 0 Å². The lowest BCUT2D eigenvalue weighted by atomic mass is 10.3. The fourth-order valence-electron chi connectivity index (χ4n) is 0.551. The largest absolute Gasteiger partial charge is 0.435 e. The summed E-state index contributed by atoms with van der Waals surface area (Å²) in [5, 5.41) is -5.36. The summed E-state index contributed by atoms with van der Waals surface area (Å²) in [6.45, 7) is 0. The van der Waals surface area contributed by atoms with Crippen molar-refractivity contribution in [3.05, 3.63) is 0 Å². The Morgan fingerprint density at radius 3 is 1.67 bits per heavy atom. The minimum Gasteiger partial charge on any atom is -0.267 e. The van der Waals surface area contributed by atoms with Crippen molar-refractivity contribution in [3.63, 3.8) is 0 Å². The highest BCUT2D eigenvalue weighted by Crippen LogP contribution is 2.42.